The van der Waals surface area contributed by atoms with E-state index in [0.717, 1.165) is 12.2 Å². The van der Waals surface area contributed by atoms with Gasteiger partial charge in [0.1, 0.15) is 12.1 Å². The summed E-state index contributed by atoms with van der Waals surface area (Å²) in [6.45, 7) is 1.33. The van der Waals surface area contributed by atoms with Gasteiger partial charge in [0.05, 0.1) is 18.6 Å². The van der Waals surface area contributed by atoms with E-state index < -0.39 is 62.0 Å². The van der Waals surface area contributed by atoms with E-state index in [9.17, 15) is 23.7 Å². The molecule has 0 heterocycles. The van der Waals surface area contributed by atoms with Crippen LogP contribution in [0.2, 0.25) is 0 Å². The van der Waals surface area contributed by atoms with Crippen LogP contribution < -0.4 is 22.1 Å². The van der Waals surface area contributed by atoms with Crippen molar-refractivity contribution in [3.63, 3.8) is 0 Å². The van der Waals surface area contributed by atoms with Crippen LogP contribution in [0.25, 0.3) is 0 Å². The summed E-state index contributed by atoms with van der Waals surface area (Å²) >= 11 is 0. The smallest absolute Gasteiger partial charge is 0.330 e. The number of carbonyl (C=O) groups is 4. The van der Waals surface area contributed by atoms with Gasteiger partial charge in [-0.05, 0) is 6.92 Å². The minimum absolute atomic E-state index is 0.594. The number of carboxylic acid groups (broad SMARTS) is 1. The van der Waals surface area contributed by atoms with E-state index in [1.165, 1.54) is 6.92 Å². The van der Waals surface area contributed by atoms with Crippen molar-refractivity contribution in [2.24, 2.45) is 11.5 Å². The van der Waals surface area contributed by atoms with E-state index in [1.807, 2.05) is 5.32 Å². The first-order chi connectivity index (χ1) is 11.3. The van der Waals surface area contributed by atoms with E-state index in [2.05, 4.69) is 5.32 Å². The molecule has 3 atom stereocenters. The molecule has 13 heteroatoms. The number of allylic oxidation sites excluding steroid dienone is 1. The van der Waals surface area contributed by atoms with Crippen molar-refractivity contribution >= 4 is 31.3 Å². The summed E-state index contributed by atoms with van der Waals surface area (Å²) in [6, 6.07) is -4.07. The second-order valence-electron chi connectivity index (χ2n) is 5.12. The van der Waals surface area contributed by atoms with Gasteiger partial charge in [-0.3, -0.25) is 18.9 Å². The quantitative estimate of drug-likeness (QED) is 0.151. The second-order valence-corrected chi connectivity index (χ2v) is 6.81. The standard InChI is InChI=1S/C12H21N4O8P/c1-6(13)10(18)16-8(5-9(14)17)11(19)15-7(12(20)21)3-2-4-25(22,23)24/h2-3,6-8H,4-5,13H2,1H3,(H2,14,17)(H,15,19)(H,16,18)(H,20,21)(H2,22,23,24)/b3-2+. The normalized spacial score (nSPS) is 15.2. The fourth-order valence-electron chi connectivity index (χ4n) is 1.49. The molecule has 142 valence electrons. The van der Waals surface area contributed by atoms with Crippen LogP contribution in [0.4, 0.5) is 0 Å². The van der Waals surface area contributed by atoms with Crippen molar-refractivity contribution in [1.82, 2.24) is 10.6 Å². The number of nitrogens with one attached hydrogen (secondary N) is 2. The van der Waals surface area contributed by atoms with Crippen LogP contribution in [0.3, 0.4) is 0 Å². The van der Waals surface area contributed by atoms with Gasteiger partial charge in [0.15, 0.2) is 0 Å². The number of nitrogens with two attached hydrogens (primary N) is 2. The molecular weight excluding hydrogens is 359 g/mol. The highest BCUT2D eigenvalue weighted by atomic mass is 31.2. The monoisotopic (exact) mass is 380 g/mol. The Hall–Kier alpha value is -2.27. The van der Waals surface area contributed by atoms with Gasteiger partial charge in [0.2, 0.25) is 17.7 Å². The first kappa shape index (κ1) is 22.7. The summed E-state index contributed by atoms with van der Waals surface area (Å²) in [5, 5.41) is 13.2. The van der Waals surface area contributed by atoms with Gasteiger partial charge >= 0.3 is 13.6 Å². The molecule has 0 aliphatic rings. The molecule has 0 aliphatic heterocycles. The lowest BCUT2D eigenvalue weighted by Crippen LogP contribution is -2.54. The first-order valence-electron chi connectivity index (χ1n) is 6.92. The van der Waals surface area contributed by atoms with Gasteiger partial charge in [0.25, 0.3) is 0 Å². The number of rotatable bonds is 10. The lowest BCUT2D eigenvalue weighted by molar-refractivity contribution is -0.141. The van der Waals surface area contributed by atoms with Gasteiger partial charge in [0, 0.05) is 0 Å². The number of primary amides is 1. The SMILES string of the molecule is CC(N)C(=O)NC(CC(N)=O)C(=O)NC(/C=C/CP(=O)(O)O)C(=O)O. The molecule has 0 aliphatic carbocycles. The Balaban J connectivity index is 5.12. The molecule has 0 aromatic rings. The zero-order valence-electron chi connectivity index (χ0n) is 13.3. The summed E-state index contributed by atoms with van der Waals surface area (Å²) in [6.07, 6.45) is 0.430. The Labute approximate surface area is 142 Å². The zero-order valence-corrected chi connectivity index (χ0v) is 14.2. The van der Waals surface area contributed by atoms with Crippen LogP contribution in [0.1, 0.15) is 13.3 Å². The predicted molar refractivity (Wildman–Crippen MR) is 85.0 cm³/mol. The lowest BCUT2D eigenvalue weighted by Gasteiger charge is -2.20. The maximum atomic E-state index is 12.1. The van der Waals surface area contributed by atoms with Gasteiger partial charge in [-0.15, -0.1) is 0 Å². The van der Waals surface area contributed by atoms with Gasteiger partial charge in [-0.1, -0.05) is 12.2 Å². The molecule has 0 aromatic carbocycles. The fraction of sp³-hybridized carbons (Fsp3) is 0.500. The fourth-order valence-corrected chi connectivity index (χ4v) is 1.89. The van der Waals surface area contributed by atoms with E-state index in [1.54, 1.807) is 0 Å². The summed E-state index contributed by atoms with van der Waals surface area (Å²) < 4.78 is 10.7. The molecule has 9 N–H and O–H groups in total. The van der Waals surface area contributed by atoms with Crippen LogP contribution >= 0.6 is 7.60 Å². The molecule has 0 saturated carbocycles. The molecule has 0 radical (unpaired) electrons. The van der Waals surface area contributed by atoms with Gasteiger partial charge < -0.3 is 37.0 Å². The summed E-state index contributed by atoms with van der Waals surface area (Å²) in [4.78, 5) is 63.2. The third kappa shape index (κ3) is 10.2. The van der Waals surface area contributed by atoms with Crippen molar-refractivity contribution in [2.45, 2.75) is 31.5 Å². The van der Waals surface area contributed by atoms with Crippen LogP contribution in [0, 0.1) is 0 Å². The molecule has 0 saturated heterocycles. The molecule has 3 unspecified atom stereocenters. The number of hydrogen-bond acceptors (Lipinski definition) is 6. The van der Waals surface area contributed by atoms with E-state index in [-0.39, 0.29) is 0 Å². The highest BCUT2D eigenvalue weighted by molar-refractivity contribution is 7.51. The highest BCUT2D eigenvalue weighted by Gasteiger charge is 2.27. The van der Waals surface area contributed by atoms with Crippen LogP contribution in [-0.2, 0) is 23.7 Å². The number of amides is 3. The molecular formula is C12H21N4O8P. The topological polar surface area (TPSA) is 222 Å². The van der Waals surface area contributed by atoms with Gasteiger partial charge in [-0.2, -0.15) is 0 Å². The molecule has 25 heavy (non-hydrogen) atoms. The highest BCUT2D eigenvalue weighted by Crippen LogP contribution is 2.33. The average molecular weight is 380 g/mol. The molecule has 0 aromatic heterocycles. The Morgan fingerprint density at radius 3 is 2.12 bits per heavy atom. The molecule has 0 spiro atoms. The second kappa shape index (κ2) is 9.89. The minimum Gasteiger partial charge on any atom is -0.479 e. The third-order valence-electron chi connectivity index (χ3n) is 2.69. The summed E-state index contributed by atoms with van der Waals surface area (Å²) in [5.74, 6) is -4.23. The Kier molecular flexibility index (Phi) is 8.99. The number of hydrogen-bond donors (Lipinski definition) is 7. The molecule has 12 nitrogen and oxygen atoms in total. The predicted octanol–water partition coefficient (Wildman–Crippen LogP) is -3.00. The van der Waals surface area contributed by atoms with Crippen molar-refractivity contribution in [3.8, 4) is 0 Å². The van der Waals surface area contributed by atoms with Crippen molar-refractivity contribution in [3.05, 3.63) is 12.2 Å². The van der Waals surface area contributed by atoms with Crippen molar-refractivity contribution < 1.29 is 38.6 Å². The summed E-state index contributed by atoms with van der Waals surface area (Å²) in [5.41, 5.74) is 10.3. The number of carbonyl (C=O) groups excluding carboxylic acids is 3. The summed E-state index contributed by atoms with van der Waals surface area (Å²) in [7, 11) is -4.38. The van der Waals surface area contributed by atoms with Gasteiger partial charge in [-0.25, -0.2) is 4.79 Å². The molecule has 0 fully saturated rings. The Morgan fingerprint density at radius 2 is 1.72 bits per heavy atom. The maximum absolute atomic E-state index is 12.1. The zero-order chi connectivity index (χ0) is 19.8. The van der Waals surface area contributed by atoms with E-state index >= 15 is 0 Å². The van der Waals surface area contributed by atoms with E-state index in [0.29, 0.717) is 0 Å². The Morgan fingerprint density at radius 1 is 1.16 bits per heavy atom. The van der Waals surface area contributed by atoms with Crippen LogP contribution in [0.5, 0.6) is 0 Å². The minimum atomic E-state index is -4.38. The van der Waals surface area contributed by atoms with Crippen molar-refractivity contribution in [1.29, 1.82) is 0 Å². The average Bonchev–Trinajstić information content (AvgIpc) is 2.43. The number of carboxylic acids is 1. The van der Waals surface area contributed by atoms with Crippen molar-refractivity contribution in [2.75, 3.05) is 6.16 Å². The van der Waals surface area contributed by atoms with E-state index in [4.69, 9.17) is 26.4 Å². The first-order valence-corrected chi connectivity index (χ1v) is 8.72. The molecule has 0 rings (SSSR count). The number of aliphatic carboxylic acids is 1. The molecule has 3 amide bonds. The molecule has 0 bridgehead atoms. The third-order valence-corrected chi connectivity index (χ3v) is 3.37. The van der Waals surface area contributed by atoms with Crippen LogP contribution in [0.15, 0.2) is 12.2 Å². The largest absolute Gasteiger partial charge is 0.479 e. The lowest BCUT2D eigenvalue weighted by atomic mass is 10.1. The van der Waals surface area contributed by atoms with Crippen LogP contribution in [-0.4, -0.2) is 62.9 Å². The maximum Gasteiger partial charge on any atom is 0.330 e. The Bertz CT molecular complexity index is 600.